The quantitative estimate of drug-likeness (QED) is 0.889. The van der Waals surface area contributed by atoms with Crippen LogP contribution in [0.5, 0.6) is 5.75 Å². The number of ether oxygens (including phenoxy) is 1. The van der Waals surface area contributed by atoms with Crippen LogP contribution in [0.1, 0.15) is 19.8 Å². The lowest BCUT2D eigenvalue weighted by atomic mass is 10.2. The van der Waals surface area contributed by atoms with Crippen molar-refractivity contribution in [3.8, 4) is 5.75 Å². The molecule has 2 saturated heterocycles. The maximum atomic E-state index is 12.2. The van der Waals surface area contributed by atoms with Gasteiger partial charge in [0.2, 0.25) is 5.91 Å². The Labute approximate surface area is 148 Å². The third-order valence-corrected chi connectivity index (χ3v) is 4.29. The third kappa shape index (κ3) is 4.39. The molecular weight excluding hydrogens is 330 g/mol. The molecule has 0 bridgehead atoms. The van der Waals surface area contributed by atoms with Gasteiger partial charge in [0, 0.05) is 50.4 Å². The average Bonchev–Trinajstić information content (AvgIpc) is 2.99. The normalized spacial score (nSPS) is 20.7. The van der Waals surface area contributed by atoms with Gasteiger partial charge in [0.05, 0.1) is 0 Å². The number of nitrogens with one attached hydrogen (secondary N) is 1. The van der Waals surface area contributed by atoms with E-state index in [2.05, 4.69) is 12.2 Å². The summed E-state index contributed by atoms with van der Waals surface area (Å²) in [5.41, 5.74) is 0.841. The standard InChI is InChI=1S/C17H23N3O3.ClH/c1-13-11-19(9-7-18-13)17(22)12-23-15-5-2-4-14(10-15)20-8-3-6-16(20)21;/h2,4-5,10,13,18H,3,6-9,11-12H2,1H3;1H. The summed E-state index contributed by atoms with van der Waals surface area (Å²) >= 11 is 0. The monoisotopic (exact) mass is 353 g/mol. The fraction of sp³-hybridized carbons (Fsp3) is 0.529. The van der Waals surface area contributed by atoms with Crippen LogP contribution in [0.2, 0.25) is 0 Å². The number of hydrogen-bond acceptors (Lipinski definition) is 4. The molecule has 7 heteroatoms. The van der Waals surface area contributed by atoms with Gasteiger partial charge in [-0.05, 0) is 25.5 Å². The number of hydrogen-bond donors (Lipinski definition) is 1. The number of carbonyl (C=O) groups excluding carboxylic acids is 2. The molecule has 0 aromatic heterocycles. The van der Waals surface area contributed by atoms with Crippen LogP contribution in [0, 0.1) is 0 Å². The highest BCUT2D eigenvalue weighted by Crippen LogP contribution is 2.25. The Morgan fingerprint density at radius 1 is 1.38 bits per heavy atom. The molecule has 2 heterocycles. The molecule has 2 fully saturated rings. The van der Waals surface area contributed by atoms with E-state index in [9.17, 15) is 9.59 Å². The van der Waals surface area contributed by atoms with Crippen molar-refractivity contribution in [2.24, 2.45) is 0 Å². The van der Waals surface area contributed by atoms with Crippen molar-refractivity contribution in [1.82, 2.24) is 10.2 Å². The summed E-state index contributed by atoms with van der Waals surface area (Å²) in [5, 5.41) is 3.31. The fourth-order valence-electron chi connectivity index (χ4n) is 3.06. The first-order chi connectivity index (χ1) is 11.1. The van der Waals surface area contributed by atoms with Crippen molar-refractivity contribution in [3.05, 3.63) is 24.3 Å². The van der Waals surface area contributed by atoms with Crippen LogP contribution in [-0.4, -0.2) is 55.5 Å². The van der Waals surface area contributed by atoms with Crippen molar-refractivity contribution >= 4 is 29.9 Å². The second-order valence-electron chi connectivity index (χ2n) is 6.13. The number of halogens is 1. The van der Waals surface area contributed by atoms with Crippen LogP contribution in [0.4, 0.5) is 5.69 Å². The number of nitrogens with zero attached hydrogens (tertiary/aromatic N) is 2. The van der Waals surface area contributed by atoms with Crippen LogP contribution < -0.4 is 15.0 Å². The summed E-state index contributed by atoms with van der Waals surface area (Å²) in [7, 11) is 0. The maximum absolute atomic E-state index is 12.2. The van der Waals surface area contributed by atoms with Crippen molar-refractivity contribution < 1.29 is 14.3 Å². The van der Waals surface area contributed by atoms with E-state index in [0.29, 0.717) is 24.8 Å². The van der Waals surface area contributed by atoms with Crippen molar-refractivity contribution in [3.63, 3.8) is 0 Å². The highest BCUT2D eigenvalue weighted by Gasteiger charge is 2.23. The summed E-state index contributed by atoms with van der Waals surface area (Å²) in [6.45, 7) is 5.10. The summed E-state index contributed by atoms with van der Waals surface area (Å²) in [6.07, 6.45) is 1.49. The molecule has 2 aliphatic rings. The molecule has 132 valence electrons. The topological polar surface area (TPSA) is 61.9 Å². The van der Waals surface area contributed by atoms with Gasteiger partial charge >= 0.3 is 0 Å². The van der Waals surface area contributed by atoms with E-state index in [1.54, 1.807) is 4.90 Å². The van der Waals surface area contributed by atoms with E-state index in [4.69, 9.17) is 4.74 Å². The van der Waals surface area contributed by atoms with Gasteiger partial charge in [0.1, 0.15) is 5.75 Å². The largest absolute Gasteiger partial charge is 0.484 e. The molecule has 24 heavy (non-hydrogen) atoms. The van der Waals surface area contributed by atoms with Crippen LogP contribution in [0.15, 0.2) is 24.3 Å². The molecule has 1 aromatic carbocycles. The molecule has 2 aliphatic heterocycles. The lowest BCUT2D eigenvalue weighted by Gasteiger charge is -2.31. The minimum atomic E-state index is 0. The second kappa shape index (κ2) is 8.35. The first-order valence-electron chi connectivity index (χ1n) is 8.18. The Hall–Kier alpha value is -1.79. The minimum absolute atomic E-state index is 0. The number of rotatable bonds is 4. The van der Waals surface area contributed by atoms with Crippen LogP contribution in [0.25, 0.3) is 0 Å². The van der Waals surface area contributed by atoms with E-state index in [1.165, 1.54) is 0 Å². The molecule has 1 unspecified atom stereocenters. The van der Waals surface area contributed by atoms with Gasteiger partial charge in [0.25, 0.3) is 5.91 Å². The molecule has 0 saturated carbocycles. The number of piperazine rings is 1. The molecule has 6 nitrogen and oxygen atoms in total. The Bertz CT molecular complexity index is 596. The van der Waals surface area contributed by atoms with Crippen molar-refractivity contribution in [2.75, 3.05) is 37.7 Å². The first-order valence-corrected chi connectivity index (χ1v) is 8.18. The predicted molar refractivity (Wildman–Crippen MR) is 94.8 cm³/mol. The SMILES string of the molecule is CC1CN(C(=O)COc2cccc(N3CCCC3=O)c2)CCN1.Cl. The lowest BCUT2D eigenvalue weighted by Crippen LogP contribution is -2.52. The molecule has 0 spiro atoms. The summed E-state index contributed by atoms with van der Waals surface area (Å²) in [4.78, 5) is 27.6. The molecule has 1 aromatic rings. The summed E-state index contributed by atoms with van der Waals surface area (Å²) in [6, 6.07) is 7.72. The Balaban J connectivity index is 0.00000208. The Kier molecular flexibility index (Phi) is 6.45. The van der Waals surface area contributed by atoms with Gasteiger partial charge in [-0.15, -0.1) is 12.4 Å². The molecule has 2 amide bonds. The van der Waals surface area contributed by atoms with Crippen molar-refractivity contribution in [2.45, 2.75) is 25.8 Å². The van der Waals surface area contributed by atoms with E-state index in [0.717, 1.165) is 31.7 Å². The third-order valence-electron chi connectivity index (χ3n) is 4.29. The lowest BCUT2D eigenvalue weighted by molar-refractivity contribution is -0.134. The molecule has 1 atom stereocenters. The molecule has 0 aliphatic carbocycles. The average molecular weight is 354 g/mol. The predicted octanol–water partition coefficient (Wildman–Crippen LogP) is 1.43. The fourth-order valence-corrected chi connectivity index (χ4v) is 3.06. The van der Waals surface area contributed by atoms with E-state index in [-0.39, 0.29) is 30.8 Å². The zero-order valence-electron chi connectivity index (χ0n) is 13.9. The Morgan fingerprint density at radius 2 is 2.21 bits per heavy atom. The number of benzene rings is 1. The van der Waals surface area contributed by atoms with Crippen LogP contribution in [0.3, 0.4) is 0 Å². The van der Waals surface area contributed by atoms with Gasteiger partial charge in [-0.1, -0.05) is 6.07 Å². The van der Waals surface area contributed by atoms with Crippen LogP contribution in [-0.2, 0) is 9.59 Å². The van der Waals surface area contributed by atoms with E-state index < -0.39 is 0 Å². The molecular formula is C17H24ClN3O3. The van der Waals surface area contributed by atoms with Gasteiger partial charge in [-0.2, -0.15) is 0 Å². The molecule has 3 rings (SSSR count). The number of anilines is 1. The highest BCUT2D eigenvalue weighted by atomic mass is 35.5. The highest BCUT2D eigenvalue weighted by molar-refractivity contribution is 5.95. The van der Waals surface area contributed by atoms with Gasteiger partial charge in [0.15, 0.2) is 6.61 Å². The second-order valence-corrected chi connectivity index (χ2v) is 6.13. The van der Waals surface area contributed by atoms with Crippen LogP contribution >= 0.6 is 12.4 Å². The number of carbonyl (C=O) groups is 2. The molecule has 1 N–H and O–H groups in total. The maximum Gasteiger partial charge on any atom is 0.260 e. The van der Waals surface area contributed by atoms with Gasteiger partial charge < -0.3 is 19.9 Å². The Morgan fingerprint density at radius 3 is 2.92 bits per heavy atom. The van der Waals surface area contributed by atoms with Gasteiger partial charge in [-0.3, -0.25) is 9.59 Å². The van der Waals surface area contributed by atoms with E-state index in [1.807, 2.05) is 29.2 Å². The summed E-state index contributed by atoms with van der Waals surface area (Å²) in [5.74, 6) is 0.771. The van der Waals surface area contributed by atoms with Gasteiger partial charge in [-0.25, -0.2) is 0 Å². The number of amides is 2. The zero-order valence-corrected chi connectivity index (χ0v) is 14.7. The van der Waals surface area contributed by atoms with Crippen molar-refractivity contribution in [1.29, 1.82) is 0 Å². The first kappa shape index (κ1) is 18.5. The zero-order chi connectivity index (χ0) is 16.2. The molecule has 0 radical (unpaired) electrons. The van der Waals surface area contributed by atoms with E-state index >= 15 is 0 Å². The summed E-state index contributed by atoms with van der Waals surface area (Å²) < 4.78 is 5.64. The smallest absolute Gasteiger partial charge is 0.260 e. The minimum Gasteiger partial charge on any atom is -0.484 e.